The number of nitrogens with two attached hydrogens (primary N) is 1. The van der Waals surface area contributed by atoms with Crippen molar-refractivity contribution in [2.24, 2.45) is 0 Å². The van der Waals surface area contributed by atoms with E-state index in [1.165, 1.54) is 6.33 Å². The first-order valence-electron chi connectivity index (χ1n) is 6.66. The number of anilines is 1. The van der Waals surface area contributed by atoms with Gasteiger partial charge in [-0.2, -0.15) is 0 Å². The average molecular weight is 271 g/mol. The van der Waals surface area contributed by atoms with E-state index in [-0.39, 0.29) is 18.3 Å². The van der Waals surface area contributed by atoms with Crippen molar-refractivity contribution in [3.05, 3.63) is 24.5 Å². The van der Waals surface area contributed by atoms with Crippen LogP contribution in [0.1, 0.15) is 27.7 Å². The van der Waals surface area contributed by atoms with Gasteiger partial charge < -0.3 is 15.0 Å². The summed E-state index contributed by atoms with van der Waals surface area (Å²) in [5.74, 6) is 0.482. The van der Waals surface area contributed by atoms with E-state index in [9.17, 15) is 0 Å². The van der Waals surface area contributed by atoms with Crippen LogP contribution in [0.4, 0.5) is 5.82 Å². The van der Waals surface area contributed by atoms with Crippen LogP contribution >= 0.6 is 0 Å². The fourth-order valence-electron chi connectivity index (χ4n) is 2.22. The van der Waals surface area contributed by atoms with Gasteiger partial charge in [0.05, 0.1) is 16.7 Å². The quantitative estimate of drug-likeness (QED) is 0.796. The highest BCUT2D eigenvalue weighted by molar-refractivity contribution is 6.62. The van der Waals surface area contributed by atoms with Crippen LogP contribution in [0.25, 0.3) is 10.9 Å². The first-order valence-corrected chi connectivity index (χ1v) is 6.66. The molecular weight excluding hydrogens is 253 g/mol. The van der Waals surface area contributed by atoms with E-state index in [0.717, 1.165) is 16.4 Å². The number of nitrogens with zero attached hydrogens (tertiary/aromatic N) is 2. The zero-order valence-electron chi connectivity index (χ0n) is 12.2. The Kier molecular flexibility index (Phi) is 2.78. The summed E-state index contributed by atoms with van der Waals surface area (Å²) in [7, 11) is -0.388. The molecule has 1 saturated heterocycles. The maximum Gasteiger partial charge on any atom is 0.494 e. The monoisotopic (exact) mass is 271 g/mol. The predicted octanol–water partition coefficient (Wildman–Crippen LogP) is 1.51. The van der Waals surface area contributed by atoms with Gasteiger partial charge in [0.15, 0.2) is 0 Å². The van der Waals surface area contributed by atoms with Gasteiger partial charge in [0.25, 0.3) is 0 Å². The SMILES string of the molecule is CC1(C)OB(c2ccc3c(N)ncnc3c2)OC1(C)C. The van der Waals surface area contributed by atoms with E-state index < -0.39 is 0 Å². The van der Waals surface area contributed by atoms with Crippen molar-refractivity contribution in [1.29, 1.82) is 0 Å². The van der Waals surface area contributed by atoms with Gasteiger partial charge >= 0.3 is 7.12 Å². The lowest BCUT2D eigenvalue weighted by Gasteiger charge is -2.32. The Morgan fingerprint density at radius 2 is 1.70 bits per heavy atom. The predicted molar refractivity (Wildman–Crippen MR) is 79.7 cm³/mol. The van der Waals surface area contributed by atoms with Crippen LogP contribution in [-0.2, 0) is 9.31 Å². The molecule has 0 spiro atoms. The minimum Gasteiger partial charge on any atom is -0.399 e. The molecule has 2 N–H and O–H groups in total. The van der Waals surface area contributed by atoms with Crippen molar-refractivity contribution in [3.8, 4) is 0 Å². The van der Waals surface area contributed by atoms with Crippen LogP contribution < -0.4 is 11.2 Å². The van der Waals surface area contributed by atoms with Gasteiger partial charge in [-0.15, -0.1) is 0 Å². The Labute approximate surface area is 118 Å². The Morgan fingerprint density at radius 3 is 2.35 bits per heavy atom. The highest BCUT2D eigenvalue weighted by Crippen LogP contribution is 2.36. The van der Waals surface area contributed by atoms with Crippen LogP contribution in [0.5, 0.6) is 0 Å². The number of nitrogen functional groups attached to an aromatic ring is 1. The summed E-state index contributed by atoms with van der Waals surface area (Å²) in [5, 5.41) is 0.841. The molecule has 0 unspecified atom stereocenters. The molecule has 1 aromatic heterocycles. The van der Waals surface area contributed by atoms with Crippen molar-refractivity contribution in [2.75, 3.05) is 5.73 Å². The van der Waals surface area contributed by atoms with Crippen LogP contribution in [0.2, 0.25) is 0 Å². The maximum absolute atomic E-state index is 6.03. The Bertz CT molecular complexity index is 657. The molecule has 0 bridgehead atoms. The van der Waals surface area contributed by atoms with Crippen LogP contribution in [0, 0.1) is 0 Å². The molecule has 5 nitrogen and oxygen atoms in total. The molecule has 0 amide bonds. The minimum atomic E-state index is -0.388. The molecule has 0 saturated carbocycles. The highest BCUT2D eigenvalue weighted by Gasteiger charge is 2.51. The molecule has 0 radical (unpaired) electrons. The van der Waals surface area contributed by atoms with E-state index in [2.05, 4.69) is 9.97 Å². The molecule has 0 atom stereocenters. The number of aromatic nitrogens is 2. The van der Waals surface area contributed by atoms with Crippen molar-refractivity contribution >= 4 is 29.3 Å². The number of benzene rings is 1. The molecule has 2 heterocycles. The lowest BCUT2D eigenvalue weighted by Crippen LogP contribution is -2.41. The molecule has 1 aromatic carbocycles. The number of hydrogen-bond acceptors (Lipinski definition) is 5. The Balaban J connectivity index is 2.00. The zero-order chi connectivity index (χ0) is 14.5. The standard InChI is InChI=1S/C14H18BN3O2/c1-13(2)14(3,4)20-15(19-13)9-5-6-10-11(7-9)17-8-18-12(10)16/h5-8H,1-4H3,(H2,16,17,18). The second-order valence-electron chi connectivity index (χ2n) is 6.12. The summed E-state index contributed by atoms with van der Waals surface area (Å²) in [5.41, 5.74) is 6.87. The molecule has 2 aromatic rings. The number of fused-ring (bicyclic) bond motifs is 1. The third kappa shape index (κ3) is 1.96. The lowest BCUT2D eigenvalue weighted by atomic mass is 9.79. The summed E-state index contributed by atoms with van der Waals surface area (Å²) < 4.78 is 12.1. The lowest BCUT2D eigenvalue weighted by molar-refractivity contribution is 0.00578. The number of hydrogen-bond donors (Lipinski definition) is 1. The Morgan fingerprint density at radius 1 is 1.05 bits per heavy atom. The summed E-state index contributed by atoms with van der Waals surface area (Å²) in [6.07, 6.45) is 1.46. The molecular formula is C14H18BN3O2. The molecule has 3 rings (SSSR count). The average Bonchev–Trinajstić information content (AvgIpc) is 2.58. The zero-order valence-corrected chi connectivity index (χ0v) is 12.2. The molecule has 0 aliphatic carbocycles. The van der Waals surface area contributed by atoms with Gasteiger partial charge in [0.2, 0.25) is 0 Å². The molecule has 1 fully saturated rings. The first kappa shape index (κ1) is 13.3. The third-order valence-electron chi connectivity index (χ3n) is 4.22. The van der Waals surface area contributed by atoms with E-state index >= 15 is 0 Å². The molecule has 20 heavy (non-hydrogen) atoms. The summed E-state index contributed by atoms with van der Waals surface area (Å²) >= 11 is 0. The summed E-state index contributed by atoms with van der Waals surface area (Å²) in [6.45, 7) is 8.14. The largest absolute Gasteiger partial charge is 0.494 e. The van der Waals surface area contributed by atoms with Crippen LogP contribution in [0.15, 0.2) is 24.5 Å². The molecule has 6 heteroatoms. The fraction of sp³-hybridized carbons (Fsp3) is 0.429. The summed E-state index contributed by atoms with van der Waals surface area (Å²) in [6, 6.07) is 5.80. The van der Waals surface area contributed by atoms with Crippen molar-refractivity contribution in [3.63, 3.8) is 0 Å². The fourth-order valence-corrected chi connectivity index (χ4v) is 2.22. The van der Waals surface area contributed by atoms with Crippen molar-refractivity contribution in [1.82, 2.24) is 9.97 Å². The molecule has 1 aliphatic heterocycles. The molecule has 104 valence electrons. The summed E-state index contributed by atoms with van der Waals surface area (Å²) in [4.78, 5) is 8.23. The second kappa shape index (κ2) is 4.17. The third-order valence-corrected chi connectivity index (χ3v) is 4.22. The van der Waals surface area contributed by atoms with Crippen LogP contribution in [0.3, 0.4) is 0 Å². The van der Waals surface area contributed by atoms with Gasteiger partial charge in [0, 0.05) is 5.39 Å². The highest BCUT2D eigenvalue weighted by atomic mass is 16.7. The van der Waals surface area contributed by atoms with Gasteiger partial charge in [-0.3, -0.25) is 0 Å². The normalized spacial score (nSPS) is 20.5. The van der Waals surface area contributed by atoms with Crippen molar-refractivity contribution in [2.45, 2.75) is 38.9 Å². The maximum atomic E-state index is 6.03. The van der Waals surface area contributed by atoms with E-state index in [1.807, 2.05) is 45.9 Å². The van der Waals surface area contributed by atoms with Gasteiger partial charge in [0.1, 0.15) is 12.1 Å². The van der Waals surface area contributed by atoms with Gasteiger partial charge in [-0.05, 0) is 45.3 Å². The smallest absolute Gasteiger partial charge is 0.399 e. The van der Waals surface area contributed by atoms with Gasteiger partial charge in [-0.25, -0.2) is 9.97 Å². The Hall–Kier alpha value is -1.66. The van der Waals surface area contributed by atoms with E-state index in [0.29, 0.717) is 5.82 Å². The van der Waals surface area contributed by atoms with Gasteiger partial charge in [-0.1, -0.05) is 6.07 Å². The van der Waals surface area contributed by atoms with E-state index in [1.54, 1.807) is 0 Å². The van der Waals surface area contributed by atoms with E-state index in [4.69, 9.17) is 15.0 Å². The topological polar surface area (TPSA) is 70.3 Å². The first-order chi connectivity index (χ1) is 9.30. The van der Waals surface area contributed by atoms with Crippen molar-refractivity contribution < 1.29 is 9.31 Å². The molecule has 1 aliphatic rings. The van der Waals surface area contributed by atoms with Crippen LogP contribution in [-0.4, -0.2) is 28.3 Å². The second-order valence-corrected chi connectivity index (χ2v) is 6.12. The minimum absolute atomic E-state index is 0.350. The number of rotatable bonds is 1.